The van der Waals surface area contributed by atoms with Crippen LogP contribution in [0.3, 0.4) is 0 Å². The maximum Gasteiger partial charge on any atom is 0.239 e. The van der Waals surface area contributed by atoms with Gasteiger partial charge in [-0.05, 0) is 61.7 Å². The van der Waals surface area contributed by atoms with Crippen LogP contribution >= 0.6 is 34.9 Å². The molecule has 3 N–H and O–H groups in total. The number of nitrogens with one attached hydrogen (secondary N) is 3. The van der Waals surface area contributed by atoms with E-state index in [1.807, 2.05) is 18.2 Å². The molecule has 1 unspecified atom stereocenters. The molecule has 0 bridgehead atoms. The standard InChI is InChI=1S/C24H22ClFN6OS2/c25-17-5-1-2-6-21(17)35-32-15-7-8-20(18(26)12-15)33-23-22(34-14-29-23)19-9-11-28-24(31-19)30-16-4-3-10-27-13-16/h1-2,5-9,11-12,14,16,27,32H,3-4,10,13H2,(H,28,30,31). The van der Waals surface area contributed by atoms with Crippen molar-refractivity contribution in [3.05, 3.63) is 71.1 Å². The van der Waals surface area contributed by atoms with Gasteiger partial charge in [0, 0.05) is 35.4 Å². The van der Waals surface area contributed by atoms with Crippen molar-refractivity contribution in [2.75, 3.05) is 23.1 Å². The largest absolute Gasteiger partial charge is 0.434 e. The number of rotatable bonds is 8. The molecule has 7 nitrogen and oxygen atoms in total. The van der Waals surface area contributed by atoms with E-state index in [1.165, 1.54) is 29.4 Å². The quantitative estimate of drug-likeness (QED) is 0.224. The third-order valence-corrected chi connectivity index (χ3v) is 7.49. The average molecular weight is 529 g/mol. The van der Waals surface area contributed by atoms with Crippen LogP contribution in [-0.4, -0.2) is 34.1 Å². The highest BCUT2D eigenvalue weighted by molar-refractivity contribution is 8.00. The lowest BCUT2D eigenvalue weighted by Gasteiger charge is -2.23. The van der Waals surface area contributed by atoms with E-state index in [0.717, 1.165) is 30.8 Å². The van der Waals surface area contributed by atoms with E-state index < -0.39 is 5.82 Å². The van der Waals surface area contributed by atoms with Crippen molar-refractivity contribution in [1.29, 1.82) is 0 Å². The Kier molecular flexibility index (Phi) is 7.63. The second-order valence-electron chi connectivity index (χ2n) is 7.82. The normalized spacial score (nSPS) is 15.5. The smallest absolute Gasteiger partial charge is 0.239 e. The highest BCUT2D eigenvalue weighted by Gasteiger charge is 2.18. The van der Waals surface area contributed by atoms with Gasteiger partial charge in [-0.3, -0.25) is 0 Å². The summed E-state index contributed by atoms with van der Waals surface area (Å²) in [6.07, 6.45) is 3.88. The summed E-state index contributed by atoms with van der Waals surface area (Å²) in [5.41, 5.74) is 2.90. The van der Waals surface area contributed by atoms with Gasteiger partial charge in [-0.25, -0.2) is 19.3 Å². The van der Waals surface area contributed by atoms with Crippen LogP contribution in [0.2, 0.25) is 5.02 Å². The van der Waals surface area contributed by atoms with E-state index in [1.54, 1.807) is 36.0 Å². The molecule has 1 saturated heterocycles. The summed E-state index contributed by atoms with van der Waals surface area (Å²) in [6.45, 7) is 1.91. The number of benzene rings is 2. The lowest BCUT2D eigenvalue weighted by molar-refractivity contribution is 0.431. The maximum absolute atomic E-state index is 14.8. The zero-order chi connectivity index (χ0) is 24.0. The van der Waals surface area contributed by atoms with Gasteiger partial charge in [0.15, 0.2) is 11.6 Å². The summed E-state index contributed by atoms with van der Waals surface area (Å²) < 4.78 is 23.8. The van der Waals surface area contributed by atoms with Gasteiger partial charge in [0.25, 0.3) is 0 Å². The third-order valence-electron chi connectivity index (χ3n) is 5.31. The second kappa shape index (κ2) is 11.2. The molecular formula is C24H22ClFN6OS2. The van der Waals surface area contributed by atoms with Gasteiger partial charge in [0.1, 0.15) is 4.88 Å². The maximum atomic E-state index is 14.8. The van der Waals surface area contributed by atoms with Crippen LogP contribution in [0.5, 0.6) is 11.6 Å². The number of piperidine rings is 1. The third kappa shape index (κ3) is 6.02. The predicted molar refractivity (Wildman–Crippen MR) is 140 cm³/mol. The van der Waals surface area contributed by atoms with E-state index in [0.29, 0.717) is 33.1 Å². The topological polar surface area (TPSA) is 84.0 Å². The molecule has 4 aromatic rings. The minimum absolute atomic E-state index is 0.0751. The number of thiazole rings is 1. The molecule has 11 heteroatoms. The summed E-state index contributed by atoms with van der Waals surface area (Å²) in [7, 11) is 0. The first-order valence-electron chi connectivity index (χ1n) is 11.0. The zero-order valence-corrected chi connectivity index (χ0v) is 20.9. The van der Waals surface area contributed by atoms with Crippen molar-refractivity contribution in [2.24, 2.45) is 0 Å². The molecule has 0 saturated carbocycles. The highest BCUT2D eigenvalue weighted by Crippen LogP contribution is 2.37. The van der Waals surface area contributed by atoms with Crippen molar-refractivity contribution in [3.8, 4) is 22.2 Å². The summed E-state index contributed by atoms with van der Waals surface area (Å²) >= 11 is 8.86. The Morgan fingerprint density at radius 2 is 2.09 bits per heavy atom. The molecule has 2 aromatic heterocycles. The Bertz CT molecular complexity index is 1300. The van der Waals surface area contributed by atoms with Crippen LogP contribution in [0.15, 0.2) is 65.1 Å². The fourth-order valence-corrected chi connectivity index (χ4v) is 5.19. The van der Waals surface area contributed by atoms with Crippen molar-refractivity contribution in [3.63, 3.8) is 0 Å². The fraction of sp³-hybridized carbons (Fsp3) is 0.208. The van der Waals surface area contributed by atoms with Crippen LogP contribution in [-0.2, 0) is 0 Å². The van der Waals surface area contributed by atoms with Crippen LogP contribution in [0, 0.1) is 5.82 Å². The first-order chi connectivity index (χ1) is 17.2. The average Bonchev–Trinajstić information content (AvgIpc) is 3.34. The Labute approximate surface area is 215 Å². The van der Waals surface area contributed by atoms with Gasteiger partial charge in [0.2, 0.25) is 11.8 Å². The Balaban J connectivity index is 1.28. The first kappa shape index (κ1) is 23.8. The molecule has 1 atom stereocenters. The monoisotopic (exact) mass is 528 g/mol. The SMILES string of the molecule is Fc1cc(NSc2ccccc2Cl)ccc1Oc1ncsc1-c1ccnc(NC2CCCNC2)n1. The van der Waals surface area contributed by atoms with Crippen LogP contribution in [0.1, 0.15) is 12.8 Å². The van der Waals surface area contributed by atoms with E-state index in [-0.39, 0.29) is 11.8 Å². The Morgan fingerprint density at radius 1 is 1.17 bits per heavy atom. The lowest BCUT2D eigenvalue weighted by atomic mass is 10.1. The highest BCUT2D eigenvalue weighted by atomic mass is 35.5. The molecule has 2 aromatic carbocycles. The molecule has 35 heavy (non-hydrogen) atoms. The van der Waals surface area contributed by atoms with E-state index in [4.69, 9.17) is 16.3 Å². The number of halogens is 2. The van der Waals surface area contributed by atoms with Crippen LogP contribution < -0.4 is 20.1 Å². The number of nitrogens with zero attached hydrogens (tertiary/aromatic N) is 3. The zero-order valence-electron chi connectivity index (χ0n) is 18.5. The van der Waals surface area contributed by atoms with Crippen molar-refractivity contribution < 1.29 is 9.13 Å². The first-order valence-corrected chi connectivity index (χ1v) is 13.1. The lowest BCUT2D eigenvalue weighted by Crippen LogP contribution is -2.38. The predicted octanol–water partition coefficient (Wildman–Crippen LogP) is 6.47. The van der Waals surface area contributed by atoms with Crippen LogP contribution in [0.25, 0.3) is 10.6 Å². The molecule has 3 heterocycles. The van der Waals surface area contributed by atoms with Crippen molar-refractivity contribution in [2.45, 2.75) is 23.8 Å². The van der Waals surface area contributed by atoms with Crippen LogP contribution in [0.4, 0.5) is 16.0 Å². The molecule has 0 aliphatic carbocycles. The summed E-state index contributed by atoms with van der Waals surface area (Å²) in [4.78, 5) is 14.8. The minimum atomic E-state index is -0.511. The number of ether oxygens (including phenoxy) is 1. The number of hydrogen-bond acceptors (Lipinski definition) is 9. The molecule has 0 amide bonds. The molecule has 1 fully saturated rings. The van der Waals surface area contributed by atoms with E-state index in [9.17, 15) is 4.39 Å². The van der Waals surface area contributed by atoms with Crippen molar-refractivity contribution >= 4 is 46.5 Å². The molecule has 0 radical (unpaired) electrons. The Hall–Kier alpha value is -2.92. The van der Waals surface area contributed by atoms with Gasteiger partial charge in [-0.2, -0.15) is 0 Å². The Morgan fingerprint density at radius 3 is 2.91 bits per heavy atom. The summed E-state index contributed by atoms with van der Waals surface area (Å²) in [5.74, 6) is 0.409. The van der Waals surface area contributed by atoms with Gasteiger partial charge in [0.05, 0.1) is 16.2 Å². The van der Waals surface area contributed by atoms with E-state index in [2.05, 4.69) is 30.3 Å². The second-order valence-corrected chi connectivity index (χ2v) is 9.93. The fourth-order valence-electron chi connectivity index (χ4n) is 3.58. The van der Waals surface area contributed by atoms with Gasteiger partial charge < -0.3 is 20.1 Å². The number of hydrogen-bond donors (Lipinski definition) is 3. The van der Waals surface area contributed by atoms with Gasteiger partial charge in [-0.15, -0.1) is 11.3 Å². The molecule has 180 valence electrons. The summed E-state index contributed by atoms with van der Waals surface area (Å²) in [5, 5.41) is 7.37. The minimum Gasteiger partial charge on any atom is -0.434 e. The molecule has 1 aliphatic heterocycles. The van der Waals surface area contributed by atoms with Gasteiger partial charge in [-0.1, -0.05) is 23.7 Å². The molecule has 1 aliphatic rings. The summed E-state index contributed by atoms with van der Waals surface area (Å²) in [6, 6.07) is 14.2. The van der Waals surface area contributed by atoms with Gasteiger partial charge >= 0.3 is 0 Å². The van der Waals surface area contributed by atoms with Crippen molar-refractivity contribution in [1.82, 2.24) is 20.3 Å². The molecular weight excluding hydrogens is 507 g/mol. The molecule has 5 rings (SSSR count). The van der Waals surface area contributed by atoms with E-state index >= 15 is 0 Å². The molecule has 0 spiro atoms. The number of anilines is 2. The number of aromatic nitrogens is 3.